The number of Topliss-reactive ketones (excluding diaryl/α,β-unsaturated/α-hetero) is 1. The Labute approximate surface area is 151 Å². The number of hydrogen-bond acceptors (Lipinski definition) is 5. The SMILES string of the molecule is COc1ccc(CCC(=O)Nc2nc3c(s2)C(=O)CC(C)(C)C3)cc1. The van der Waals surface area contributed by atoms with Crippen LogP contribution in [0.5, 0.6) is 5.75 Å². The van der Waals surface area contributed by atoms with Crippen molar-refractivity contribution in [1.82, 2.24) is 4.98 Å². The fourth-order valence-electron chi connectivity index (χ4n) is 3.01. The van der Waals surface area contributed by atoms with E-state index in [9.17, 15) is 9.59 Å². The maximum Gasteiger partial charge on any atom is 0.226 e. The summed E-state index contributed by atoms with van der Waals surface area (Å²) in [5.74, 6) is 0.838. The van der Waals surface area contributed by atoms with E-state index in [0.717, 1.165) is 23.4 Å². The van der Waals surface area contributed by atoms with Gasteiger partial charge in [-0.3, -0.25) is 9.59 Å². The molecule has 1 aromatic carbocycles. The molecule has 1 aliphatic carbocycles. The zero-order valence-corrected chi connectivity index (χ0v) is 15.5. The van der Waals surface area contributed by atoms with Gasteiger partial charge in [0.2, 0.25) is 5.91 Å². The van der Waals surface area contributed by atoms with E-state index in [1.807, 2.05) is 24.3 Å². The summed E-state index contributed by atoms with van der Waals surface area (Å²) in [6, 6.07) is 7.68. The minimum absolute atomic E-state index is 0.0617. The van der Waals surface area contributed by atoms with E-state index in [4.69, 9.17) is 4.74 Å². The highest BCUT2D eigenvalue weighted by atomic mass is 32.1. The Morgan fingerprint density at radius 2 is 2.00 bits per heavy atom. The molecule has 0 saturated carbocycles. The van der Waals surface area contributed by atoms with E-state index in [2.05, 4.69) is 24.1 Å². The molecule has 0 spiro atoms. The van der Waals surface area contributed by atoms with E-state index >= 15 is 0 Å². The molecule has 132 valence electrons. The summed E-state index contributed by atoms with van der Waals surface area (Å²) >= 11 is 1.29. The summed E-state index contributed by atoms with van der Waals surface area (Å²) in [4.78, 5) is 29.5. The molecular formula is C19H22N2O3S. The smallest absolute Gasteiger partial charge is 0.226 e. The number of carbonyl (C=O) groups excluding carboxylic acids is 2. The van der Waals surface area contributed by atoms with Crippen LogP contribution in [0, 0.1) is 5.41 Å². The molecule has 1 heterocycles. The number of ketones is 1. The number of carbonyl (C=O) groups is 2. The van der Waals surface area contributed by atoms with Gasteiger partial charge in [-0.15, -0.1) is 0 Å². The van der Waals surface area contributed by atoms with Gasteiger partial charge in [-0.1, -0.05) is 37.3 Å². The van der Waals surface area contributed by atoms with Gasteiger partial charge >= 0.3 is 0 Å². The lowest BCUT2D eigenvalue weighted by atomic mass is 9.78. The largest absolute Gasteiger partial charge is 0.497 e. The molecule has 0 bridgehead atoms. The van der Waals surface area contributed by atoms with Crippen LogP contribution in [-0.2, 0) is 17.6 Å². The number of ether oxygens (including phenoxy) is 1. The number of rotatable bonds is 5. The van der Waals surface area contributed by atoms with Gasteiger partial charge in [0.25, 0.3) is 0 Å². The number of fused-ring (bicyclic) bond motifs is 1. The van der Waals surface area contributed by atoms with Crippen molar-refractivity contribution in [3.05, 3.63) is 40.4 Å². The molecule has 0 radical (unpaired) electrons. The van der Waals surface area contributed by atoms with Crippen LogP contribution in [0.1, 0.15) is 47.6 Å². The van der Waals surface area contributed by atoms with Crippen molar-refractivity contribution in [2.24, 2.45) is 5.41 Å². The quantitative estimate of drug-likeness (QED) is 0.881. The summed E-state index contributed by atoms with van der Waals surface area (Å²) in [5.41, 5.74) is 1.83. The van der Waals surface area contributed by atoms with Crippen LogP contribution in [0.15, 0.2) is 24.3 Å². The fourth-order valence-corrected chi connectivity index (χ4v) is 3.94. The lowest BCUT2D eigenvalue weighted by Crippen LogP contribution is -2.26. The molecule has 3 rings (SSSR count). The molecule has 0 saturated heterocycles. The van der Waals surface area contributed by atoms with Crippen molar-refractivity contribution in [2.45, 2.75) is 39.5 Å². The van der Waals surface area contributed by atoms with Crippen molar-refractivity contribution in [3.8, 4) is 5.75 Å². The van der Waals surface area contributed by atoms with E-state index in [-0.39, 0.29) is 17.1 Å². The van der Waals surface area contributed by atoms with Gasteiger partial charge in [-0.05, 0) is 36.0 Å². The Bertz CT molecular complexity index is 794. The zero-order valence-electron chi connectivity index (χ0n) is 14.7. The Balaban J connectivity index is 1.59. The normalized spacial score (nSPS) is 15.6. The van der Waals surface area contributed by atoms with Gasteiger partial charge in [0, 0.05) is 12.8 Å². The van der Waals surface area contributed by atoms with Crippen molar-refractivity contribution < 1.29 is 14.3 Å². The van der Waals surface area contributed by atoms with Crippen molar-refractivity contribution in [1.29, 1.82) is 0 Å². The van der Waals surface area contributed by atoms with Crippen LogP contribution in [0.2, 0.25) is 0 Å². The second-order valence-electron chi connectivity index (χ2n) is 7.13. The number of aryl methyl sites for hydroxylation is 1. The first-order chi connectivity index (χ1) is 11.9. The van der Waals surface area contributed by atoms with Crippen molar-refractivity contribution in [3.63, 3.8) is 0 Å². The third-order valence-electron chi connectivity index (χ3n) is 4.28. The molecule has 1 amide bonds. The number of nitrogens with zero attached hydrogens (tertiary/aromatic N) is 1. The van der Waals surface area contributed by atoms with E-state index in [1.165, 1.54) is 11.3 Å². The number of methoxy groups -OCH3 is 1. The van der Waals surface area contributed by atoms with Crippen LogP contribution in [-0.4, -0.2) is 23.8 Å². The predicted molar refractivity (Wildman–Crippen MR) is 98.5 cm³/mol. The molecule has 0 atom stereocenters. The third kappa shape index (κ3) is 4.25. The van der Waals surface area contributed by atoms with Gasteiger partial charge in [-0.25, -0.2) is 4.98 Å². The predicted octanol–water partition coefficient (Wildman–Crippen LogP) is 3.88. The van der Waals surface area contributed by atoms with Crippen molar-refractivity contribution >= 4 is 28.2 Å². The van der Waals surface area contributed by atoms with Gasteiger partial charge in [-0.2, -0.15) is 0 Å². The molecule has 6 heteroatoms. The molecule has 25 heavy (non-hydrogen) atoms. The summed E-state index contributed by atoms with van der Waals surface area (Å²) in [6.07, 6.45) is 2.32. The minimum atomic E-state index is -0.0892. The topological polar surface area (TPSA) is 68.3 Å². The van der Waals surface area contributed by atoms with E-state index in [0.29, 0.717) is 29.3 Å². The molecule has 2 aromatic rings. The van der Waals surface area contributed by atoms with Gasteiger partial charge in [0.15, 0.2) is 10.9 Å². The molecule has 5 nitrogen and oxygen atoms in total. The first kappa shape index (κ1) is 17.6. The fraction of sp³-hybridized carbons (Fsp3) is 0.421. The van der Waals surface area contributed by atoms with Gasteiger partial charge < -0.3 is 10.1 Å². The molecular weight excluding hydrogens is 336 g/mol. The molecule has 0 aliphatic heterocycles. The summed E-state index contributed by atoms with van der Waals surface area (Å²) in [5, 5.41) is 3.36. The van der Waals surface area contributed by atoms with Crippen LogP contribution in [0.3, 0.4) is 0 Å². The third-order valence-corrected chi connectivity index (χ3v) is 5.34. The van der Waals surface area contributed by atoms with Gasteiger partial charge in [0.05, 0.1) is 17.7 Å². The lowest BCUT2D eigenvalue weighted by Gasteiger charge is -2.26. The lowest BCUT2D eigenvalue weighted by molar-refractivity contribution is -0.116. The zero-order chi connectivity index (χ0) is 18.0. The summed E-state index contributed by atoms with van der Waals surface area (Å²) < 4.78 is 5.12. The highest BCUT2D eigenvalue weighted by Gasteiger charge is 2.34. The van der Waals surface area contributed by atoms with Crippen molar-refractivity contribution in [2.75, 3.05) is 12.4 Å². The number of thiazole rings is 1. The Morgan fingerprint density at radius 3 is 2.68 bits per heavy atom. The minimum Gasteiger partial charge on any atom is -0.497 e. The number of anilines is 1. The Kier molecular flexibility index (Phi) is 4.90. The summed E-state index contributed by atoms with van der Waals surface area (Å²) in [7, 11) is 1.63. The maximum atomic E-state index is 12.2. The monoisotopic (exact) mass is 358 g/mol. The standard InChI is InChI=1S/C19H22N2O3S/c1-19(2)10-14-17(15(22)11-19)25-18(20-14)21-16(23)9-6-12-4-7-13(24-3)8-5-12/h4-5,7-8H,6,9-11H2,1-3H3,(H,20,21,23). The Hall–Kier alpha value is -2.21. The number of hydrogen-bond donors (Lipinski definition) is 1. The first-order valence-electron chi connectivity index (χ1n) is 8.32. The van der Waals surface area contributed by atoms with E-state index in [1.54, 1.807) is 7.11 Å². The molecule has 1 N–H and O–H groups in total. The molecule has 0 fully saturated rings. The average molecular weight is 358 g/mol. The second-order valence-corrected chi connectivity index (χ2v) is 8.13. The summed E-state index contributed by atoms with van der Waals surface area (Å²) in [6.45, 7) is 4.14. The van der Waals surface area contributed by atoms with Crippen LogP contribution in [0.4, 0.5) is 5.13 Å². The second kappa shape index (κ2) is 6.96. The average Bonchev–Trinajstić information content (AvgIpc) is 2.94. The maximum absolute atomic E-state index is 12.2. The number of benzene rings is 1. The number of amides is 1. The highest BCUT2D eigenvalue weighted by molar-refractivity contribution is 7.17. The van der Waals surface area contributed by atoms with Crippen LogP contribution < -0.4 is 10.1 Å². The number of nitrogens with one attached hydrogen (secondary N) is 1. The Morgan fingerprint density at radius 1 is 1.28 bits per heavy atom. The van der Waals surface area contributed by atoms with E-state index < -0.39 is 0 Å². The highest BCUT2D eigenvalue weighted by Crippen LogP contribution is 2.38. The number of aromatic nitrogens is 1. The molecule has 1 aliphatic rings. The van der Waals surface area contributed by atoms with Crippen LogP contribution in [0.25, 0.3) is 0 Å². The van der Waals surface area contributed by atoms with Gasteiger partial charge in [0.1, 0.15) is 5.75 Å². The van der Waals surface area contributed by atoms with Crippen LogP contribution >= 0.6 is 11.3 Å². The first-order valence-corrected chi connectivity index (χ1v) is 9.14. The molecule has 0 unspecified atom stereocenters. The molecule has 1 aromatic heterocycles.